The molecule has 1 heterocycles. The van der Waals surface area contributed by atoms with Gasteiger partial charge in [0.1, 0.15) is 11.6 Å². The maximum absolute atomic E-state index is 5.26. The first kappa shape index (κ1) is 17.7. The molecule has 0 saturated carbocycles. The molecule has 21 heavy (non-hydrogen) atoms. The first-order chi connectivity index (χ1) is 10.1. The number of nitrogens with zero attached hydrogens (tertiary/aromatic N) is 3. The highest BCUT2D eigenvalue weighted by Crippen LogP contribution is 2.15. The fourth-order valence-corrected chi connectivity index (χ4v) is 2.18. The lowest BCUT2D eigenvalue weighted by Gasteiger charge is -2.18. The van der Waals surface area contributed by atoms with E-state index in [0.29, 0.717) is 11.8 Å². The van der Waals surface area contributed by atoms with E-state index in [1.807, 2.05) is 6.07 Å². The van der Waals surface area contributed by atoms with Crippen molar-refractivity contribution in [3.8, 4) is 5.88 Å². The van der Waals surface area contributed by atoms with Gasteiger partial charge in [-0.05, 0) is 32.0 Å². The van der Waals surface area contributed by atoms with Crippen molar-refractivity contribution in [2.24, 2.45) is 5.92 Å². The van der Waals surface area contributed by atoms with E-state index in [1.54, 1.807) is 7.11 Å². The van der Waals surface area contributed by atoms with Crippen molar-refractivity contribution in [1.29, 1.82) is 0 Å². The molecule has 0 spiro atoms. The maximum Gasteiger partial charge on any atom is 0.218 e. The van der Waals surface area contributed by atoms with Gasteiger partial charge in [-0.25, -0.2) is 4.98 Å². The van der Waals surface area contributed by atoms with Gasteiger partial charge in [0.25, 0.3) is 0 Å². The van der Waals surface area contributed by atoms with Crippen molar-refractivity contribution in [2.75, 3.05) is 38.6 Å². The molecule has 0 unspecified atom stereocenters. The lowest BCUT2D eigenvalue weighted by molar-refractivity contribution is 0.303. The Morgan fingerprint density at radius 3 is 2.52 bits per heavy atom. The van der Waals surface area contributed by atoms with Crippen LogP contribution in [0.4, 0.5) is 5.82 Å². The molecule has 0 radical (unpaired) electrons. The molecule has 0 aliphatic heterocycles. The van der Waals surface area contributed by atoms with Crippen LogP contribution < -0.4 is 10.1 Å². The normalized spacial score (nSPS) is 11.2. The van der Waals surface area contributed by atoms with Crippen molar-refractivity contribution >= 4 is 5.82 Å². The molecule has 0 saturated heterocycles. The monoisotopic (exact) mass is 294 g/mol. The minimum atomic E-state index is 0.535. The summed E-state index contributed by atoms with van der Waals surface area (Å²) in [6, 6.07) is 1.86. The third-order valence-corrected chi connectivity index (χ3v) is 3.40. The lowest BCUT2D eigenvalue weighted by atomic mass is 10.1. The number of hydrogen-bond donors (Lipinski definition) is 1. The zero-order valence-corrected chi connectivity index (χ0v) is 14.1. The van der Waals surface area contributed by atoms with Crippen LogP contribution in [0.25, 0.3) is 0 Å². The van der Waals surface area contributed by atoms with Crippen molar-refractivity contribution < 1.29 is 4.74 Å². The molecule has 0 fully saturated rings. The summed E-state index contributed by atoms with van der Waals surface area (Å²) >= 11 is 0. The third-order valence-electron chi connectivity index (χ3n) is 3.40. The highest BCUT2D eigenvalue weighted by atomic mass is 16.5. The van der Waals surface area contributed by atoms with Gasteiger partial charge in [-0.15, -0.1) is 0 Å². The number of ether oxygens (including phenoxy) is 1. The average molecular weight is 294 g/mol. The van der Waals surface area contributed by atoms with Gasteiger partial charge in [0.05, 0.1) is 7.11 Å². The fraction of sp³-hybridized carbons (Fsp3) is 0.750. The van der Waals surface area contributed by atoms with E-state index in [9.17, 15) is 0 Å². The van der Waals surface area contributed by atoms with Crippen LogP contribution in [-0.4, -0.2) is 48.2 Å². The molecule has 1 aromatic heterocycles. The zero-order valence-electron chi connectivity index (χ0n) is 14.1. The van der Waals surface area contributed by atoms with Crippen LogP contribution in [0.1, 0.15) is 39.9 Å². The molecule has 0 bridgehead atoms. The Labute approximate surface area is 129 Å². The smallest absolute Gasteiger partial charge is 0.218 e. The summed E-state index contributed by atoms with van der Waals surface area (Å²) in [5.41, 5.74) is 0. The lowest BCUT2D eigenvalue weighted by Crippen LogP contribution is -2.25. The molecule has 0 amide bonds. The molecule has 0 aromatic carbocycles. The highest BCUT2D eigenvalue weighted by Gasteiger charge is 2.07. The van der Waals surface area contributed by atoms with Crippen LogP contribution in [0.5, 0.6) is 5.88 Å². The minimum Gasteiger partial charge on any atom is -0.481 e. The van der Waals surface area contributed by atoms with Crippen LogP contribution in [-0.2, 0) is 6.42 Å². The SMILES string of the molecule is CCN(CC)CCCNc1cc(OC)nc(CC(C)C)n1. The van der Waals surface area contributed by atoms with Crippen LogP contribution >= 0.6 is 0 Å². The number of anilines is 1. The summed E-state index contributed by atoms with van der Waals surface area (Å²) in [5.74, 6) is 2.87. The van der Waals surface area contributed by atoms with Crippen molar-refractivity contribution in [1.82, 2.24) is 14.9 Å². The third kappa shape index (κ3) is 6.76. The highest BCUT2D eigenvalue weighted by molar-refractivity contribution is 5.38. The van der Waals surface area contributed by atoms with Crippen molar-refractivity contribution in [3.63, 3.8) is 0 Å². The quantitative estimate of drug-likeness (QED) is 0.672. The van der Waals surface area contributed by atoms with E-state index in [1.165, 1.54) is 0 Å². The molecule has 0 aliphatic rings. The second kappa shape index (κ2) is 9.55. The van der Waals surface area contributed by atoms with E-state index >= 15 is 0 Å². The molecule has 1 N–H and O–H groups in total. The van der Waals surface area contributed by atoms with Gasteiger partial charge in [-0.1, -0.05) is 27.7 Å². The van der Waals surface area contributed by atoms with E-state index in [4.69, 9.17) is 4.74 Å². The van der Waals surface area contributed by atoms with Crippen LogP contribution in [0.3, 0.4) is 0 Å². The van der Waals surface area contributed by atoms with Gasteiger partial charge in [-0.3, -0.25) is 0 Å². The summed E-state index contributed by atoms with van der Waals surface area (Å²) in [6.45, 7) is 13.0. The van der Waals surface area contributed by atoms with Crippen molar-refractivity contribution in [3.05, 3.63) is 11.9 Å². The first-order valence-electron chi connectivity index (χ1n) is 7.97. The molecule has 1 rings (SSSR count). The number of hydrogen-bond acceptors (Lipinski definition) is 5. The van der Waals surface area contributed by atoms with E-state index in [2.05, 4.69) is 47.9 Å². The number of aromatic nitrogens is 2. The summed E-state index contributed by atoms with van der Waals surface area (Å²) in [7, 11) is 1.64. The second-order valence-electron chi connectivity index (χ2n) is 5.62. The summed E-state index contributed by atoms with van der Waals surface area (Å²) in [4.78, 5) is 11.4. The number of nitrogens with one attached hydrogen (secondary N) is 1. The van der Waals surface area contributed by atoms with Gasteiger partial charge in [0, 0.05) is 19.0 Å². The Balaban J connectivity index is 2.53. The van der Waals surface area contributed by atoms with E-state index in [0.717, 1.165) is 50.7 Å². The molecule has 0 aliphatic carbocycles. The van der Waals surface area contributed by atoms with Crippen LogP contribution in [0.2, 0.25) is 0 Å². The molecule has 0 atom stereocenters. The average Bonchev–Trinajstić information content (AvgIpc) is 2.46. The predicted molar refractivity (Wildman–Crippen MR) is 88.0 cm³/mol. The van der Waals surface area contributed by atoms with Crippen LogP contribution in [0, 0.1) is 5.92 Å². The molecule has 120 valence electrons. The summed E-state index contributed by atoms with van der Waals surface area (Å²) in [6.07, 6.45) is 1.97. The topological polar surface area (TPSA) is 50.3 Å². The second-order valence-corrected chi connectivity index (χ2v) is 5.62. The molecular weight excluding hydrogens is 264 g/mol. The van der Waals surface area contributed by atoms with Crippen LogP contribution in [0.15, 0.2) is 6.07 Å². The van der Waals surface area contributed by atoms with Gasteiger partial charge in [0.15, 0.2) is 0 Å². The van der Waals surface area contributed by atoms with Gasteiger partial charge in [0.2, 0.25) is 5.88 Å². The maximum atomic E-state index is 5.26. The Bertz CT molecular complexity index is 405. The summed E-state index contributed by atoms with van der Waals surface area (Å²) < 4.78 is 5.26. The number of rotatable bonds is 10. The van der Waals surface area contributed by atoms with Gasteiger partial charge in [-0.2, -0.15) is 4.98 Å². The predicted octanol–water partition coefficient (Wildman–Crippen LogP) is 2.83. The Kier molecular flexibility index (Phi) is 8.05. The Morgan fingerprint density at radius 1 is 1.24 bits per heavy atom. The Morgan fingerprint density at radius 2 is 1.95 bits per heavy atom. The van der Waals surface area contributed by atoms with Crippen molar-refractivity contribution in [2.45, 2.75) is 40.5 Å². The van der Waals surface area contributed by atoms with Gasteiger partial charge >= 0.3 is 0 Å². The number of methoxy groups -OCH3 is 1. The largest absolute Gasteiger partial charge is 0.481 e. The van der Waals surface area contributed by atoms with E-state index in [-0.39, 0.29) is 0 Å². The molecule has 1 aromatic rings. The first-order valence-corrected chi connectivity index (χ1v) is 7.97. The summed E-state index contributed by atoms with van der Waals surface area (Å²) in [5, 5.41) is 3.38. The minimum absolute atomic E-state index is 0.535. The Hall–Kier alpha value is -1.36. The molecule has 5 nitrogen and oxygen atoms in total. The molecular formula is C16H30N4O. The fourth-order valence-electron chi connectivity index (χ4n) is 2.18. The van der Waals surface area contributed by atoms with Gasteiger partial charge < -0.3 is 15.0 Å². The standard InChI is InChI=1S/C16H30N4O/c1-6-20(7-2)10-8-9-17-14-12-16(21-5)19-15(18-14)11-13(3)4/h12-13H,6-11H2,1-5H3,(H,17,18,19). The molecule has 5 heteroatoms. The zero-order chi connectivity index (χ0) is 15.7. The van der Waals surface area contributed by atoms with E-state index < -0.39 is 0 Å².